The van der Waals surface area contributed by atoms with Crippen LogP contribution in [0.3, 0.4) is 0 Å². The fourth-order valence-electron chi connectivity index (χ4n) is 3.21. The van der Waals surface area contributed by atoms with Gasteiger partial charge >= 0.3 is 0 Å². The Morgan fingerprint density at radius 2 is 1.91 bits per heavy atom. The molecule has 0 amide bonds. The topological polar surface area (TPSA) is 50.3 Å². The van der Waals surface area contributed by atoms with Crippen LogP contribution in [-0.2, 0) is 0 Å². The minimum atomic E-state index is 0.487. The van der Waals surface area contributed by atoms with Crippen LogP contribution in [0.1, 0.15) is 25.7 Å². The highest BCUT2D eigenvalue weighted by molar-refractivity contribution is 5.90. The smallest absolute Gasteiger partial charge is 0.137 e. The normalized spacial score (nSPS) is 22.0. The van der Waals surface area contributed by atoms with Gasteiger partial charge in [-0.1, -0.05) is 0 Å². The van der Waals surface area contributed by atoms with Crippen molar-refractivity contribution >= 4 is 16.7 Å². The van der Waals surface area contributed by atoms with Crippen LogP contribution in [0.5, 0.6) is 5.75 Å². The first-order valence-corrected chi connectivity index (χ1v) is 7.89. The zero-order chi connectivity index (χ0) is 15.5. The maximum Gasteiger partial charge on any atom is 0.137 e. The van der Waals surface area contributed by atoms with Crippen LogP contribution in [0.4, 0.5) is 5.82 Å². The van der Waals surface area contributed by atoms with Crippen molar-refractivity contribution in [3.05, 3.63) is 24.5 Å². The summed E-state index contributed by atoms with van der Waals surface area (Å²) in [5.41, 5.74) is 0.945. The minimum Gasteiger partial charge on any atom is -0.497 e. The third-order valence-electron chi connectivity index (χ3n) is 4.61. The summed E-state index contributed by atoms with van der Waals surface area (Å²) in [6.45, 7) is 0. The molecule has 0 aliphatic heterocycles. The Labute approximate surface area is 131 Å². The first kappa shape index (κ1) is 15.0. The van der Waals surface area contributed by atoms with Gasteiger partial charge in [-0.15, -0.1) is 0 Å². The maximum atomic E-state index is 5.32. The van der Waals surface area contributed by atoms with E-state index < -0.39 is 0 Å². The van der Waals surface area contributed by atoms with Gasteiger partial charge in [0.25, 0.3) is 0 Å². The molecule has 0 atom stereocenters. The molecule has 3 rings (SSSR count). The summed E-state index contributed by atoms with van der Waals surface area (Å²) in [4.78, 5) is 11.1. The van der Waals surface area contributed by atoms with Crippen molar-refractivity contribution in [2.75, 3.05) is 26.5 Å². The van der Waals surface area contributed by atoms with Crippen LogP contribution >= 0.6 is 0 Å². The molecule has 2 aromatic rings. The number of anilines is 1. The van der Waals surface area contributed by atoms with Gasteiger partial charge in [-0.05, 0) is 58.0 Å². The van der Waals surface area contributed by atoms with Gasteiger partial charge in [0, 0.05) is 17.5 Å². The average molecular weight is 300 g/mol. The standard InChI is InChI=1S/C17H24N4O/c1-21(2)13-6-4-12(5-7-13)20-17-15-10-14(22-3)8-9-16(15)18-11-19-17/h8-13H,4-7H2,1-3H3,(H,18,19,20)/t12-,13-. The number of nitrogens with one attached hydrogen (secondary N) is 1. The van der Waals surface area contributed by atoms with E-state index in [9.17, 15) is 0 Å². The van der Waals surface area contributed by atoms with Crippen molar-refractivity contribution in [1.29, 1.82) is 0 Å². The van der Waals surface area contributed by atoms with Gasteiger partial charge in [0.15, 0.2) is 0 Å². The highest BCUT2D eigenvalue weighted by Crippen LogP contribution is 2.28. The highest BCUT2D eigenvalue weighted by Gasteiger charge is 2.23. The molecule has 0 saturated heterocycles. The van der Waals surface area contributed by atoms with Crippen molar-refractivity contribution in [2.45, 2.75) is 37.8 Å². The summed E-state index contributed by atoms with van der Waals surface area (Å²) < 4.78 is 5.32. The second-order valence-corrected chi connectivity index (χ2v) is 6.22. The number of fused-ring (bicyclic) bond motifs is 1. The average Bonchev–Trinajstić information content (AvgIpc) is 2.55. The molecule has 22 heavy (non-hydrogen) atoms. The van der Waals surface area contributed by atoms with Crippen LogP contribution in [0.25, 0.3) is 10.9 Å². The summed E-state index contributed by atoms with van der Waals surface area (Å²) in [5.74, 6) is 1.75. The summed E-state index contributed by atoms with van der Waals surface area (Å²) in [6, 6.07) is 7.11. The summed E-state index contributed by atoms with van der Waals surface area (Å²) in [7, 11) is 6.02. The lowest BCUT2D eigenvalue weighted by Crippen LogP contribution is -2.36. The number of hydrogen-bond donors (Lipinski definition) is 1. The first-order valence-electron chi connectivity index (χ1n) is 7.89. The van der Waals surface area contributed by atoms with Crippen molar-refractivity contribution in [3.63, 3.8) is 0 Å². The van der Waals surface area contributed by atoms with E-state index >= 15 is 0 Å². The fourth-order valence-corrected chi connectivity index (χ4v) is 3.21. The first-order chi connectivity index (χ1) is 10.7. The fraction of sp³-hybridized carbons (Fsp3) is 0.529. The SMILES string of the molecule is COc1ccc2ncnc(N[C@H]3CC[C@H](N(C)C)CC3)c2c1. The molecular formula is C17H24N4O. The molecule has 1 aliphatic carbocycles. The second kappa shape index (κ2) is 6.48. The van der Waals surface area contributed by atoms with Gasteiger partial charge in [-0.25, -0.2) is 9.97 Å². The number of ether oxygens (including phenoxy) is 1. The Bertz CT molecular complexity index is 636. The van der Waals surface area contributed by atoms with E-state index in [1.54, 1.807) is 13.4 Å². The van der Waals surface area contributed by atoms with Gasteiger partial charge in [0.1, 0.15) is 17.9 Å². The zero-order valence-corrected chi connectivity index (χ0v) is 13.5. The van der Waals surface area contributed by atoms with Crippen LogP contribution < -0.4 is 10.1 Å². The molecule has 1 heterocycles. The monoisotopic (exact) mass is 300 g/mol. The van der Waals surface area contributed by atoms with E-state index in [4.69, 9.17) is 4.74 Å². The lowest BCUT2D eigenvalue weighted by atomic mass is 9.90. The number of hydrogen-bond acceptors (Lipinski definition) is 5. The molecule has 0 radical (unpaired) electrons. The molecule has 0 bridgehead atoms. The predicted molar refractivity (Wildman–Crippen MR) is 89.4 cm³/mol. The van der Waals surface area contributed by atoms with E-state index in [2.05, 4.69) is 34.3 Å². The van der Waals surface area contributed by atoms with Gasteiger partial charge in [-0.2, -0.15) is 0 Å². The van der Waals surface area contributed by atoms with E-state index in [0.29, 0.717) is 12.1 Å². The quantitative estimate of drug-likeness (QED) is 0.941. The van der Waals surface area contributed by atoms with E-state index in [1.165, 1.54) is 25.7 Å². The number of aromatic nitrogens is 2. The summed E-state index contributed by atoms with van der Waals surface area (Å²) in [5, 5.41) is 4.63. The molecule has 118 valence electrons. The second-order valence-electron chi connectivity index (χ2n) is 6.22. The van der Waals surface area contributed by atoms with Gasteiger partial charge in [0.05, 0.1) is 12.6 Å². The number of methoxy groups -OCH3 is 1. The van der Waals surface area contributed by atoms with E-state index in [-0.39, 0.29) is 0 Å². The molecule has 0 spiro atoms. The van der Waals surface area contributed by atoms with Crippen molar-refractivity contribution < 1.29 is 4.74 Å². The molecule has 5 nitrogen and oxygen atoms in total. The molecule has 5 heteroatoms. The third-order valence-corrected chi connectivity index (χ3v) is 4.61. The zero-order valence-electron chi connectivity index (χ0n) is 13.5. The van der Waals surface area contributed by atoms with Crippen molar-refractivity contribution in [1.82, 2.24) is 14.9 Å². The summed E-state index contributed by atoms with van der Waals surface area (Å²) >= 11 is 0. The maximum absolute atomic E-state index is 5.32. The lowest BCUT2D eigenvalue weighted by Gasteiger charge is -2.33. The molecule has 1 fully saturated rings. The van der Waals surface area contributed by atoms with Crippen LogP contribution in [-0.4, -0.2) is 48.2 Å². The largest absolute Gasteiger partial charge is 0.497 e. The van der Waals surface area contributed by atoms with Crippen LogP contribution in [0.2, 0.25) is 0 Å². The molecule has 1 aromatic heterocycles. The third kappa shape index (κ3) is 3.14. The Morgan fingerprint density at radius 1 is 1.14 bits per heavy atom. The van der Waals surface area contributed by atoms with Gasteiger partial charge in [0.2, 0.25) is 0 Å². The Morgan fingerprint density at radius 3 is 2.59 bits per heavy atom. The number of nitrogens with zero attached hydrogens (tertiary/aromatic N) is 3. The molecule has 1 N–H and O–H groups in total. The molecule has 0 unspecified atom stereocenters. The van der Waals surface area contributed by atoms with E-state index in [0.717, 1.165) is 22.5 Å². The number of benzene rings is 1. The molecular weight excluding hydrogens is 276 g/mol. The minimum absolute atomic E-state index is 0.487. The number of rotatable bonds is 4. The van der Waals surface area contributed by atoms with Crippen molar-refractivity contribution in [2.24, 2.45) is 0 Å². The van der Waals surface area contributed by atoms with Gasteiger partial charge < -0.3 is 15.0 Å². The molecule has 1 saturated carbocycles. The Hall–Kier alpha value is -1.88. The molecule has 1 aromatic carbocycles. The summed E-state index contributed by atoms with van der Waals surface area (Å²) in [6.07, 6.45) is 6.45. The lowest BCUT2D eigenvalue weighted by molar-refractivity contribution is 0.221. The molecule has 1 aliphatic rings. The highest BCUT2D eigenvalue weighted by atomic mass is 16.5. The van der Waals surface area contributed by atoms with Crippen molar-refractivity contribution in [3.8, 4) is 5.75 Å². The van der Waals surface area contributed by atoms with Gasteiger partial charge in [-0.3, -0.25) is 0 Å². The Kier molecular flexibility index (Phi) is 4.43. The predicted octanol–water partition coefficient (Wildman–Crippen LogP) is 2.92. The van der Waals surface area contributed by atoms with Crippen LogP contribution in [0, 0.1) is 0 Å². The van der Waals surface area contributed by atoms with E-state index in [1.807, 2.05) is 18.2 Å². The Balaban J connectivity index is 1.77. The van der Waals surface area contributed by atoms with Crippen LogP contribution in [0.15, 0.2) is 24.5 Å².